The molecule has 0 atom stereocenters. The summed E-state index contributed by atoms with van der Waals surface area (Å²) in [4.78, 5) is 0. The third kappa shape index (κ3) is 33.7. The molecule has 3 radical (unpaired) electrons. The van der Waals surface area contributed by atoms with Gasteiger partial charge in [0, 0.05) is 8.41 Å². The van der Waals surface area contributed by atoms with Crippen LogP contribution in [0.5, 0.6) is 0 Å². The average molecular weight is 200 g/mol. The predicted molar refractivity (Wildman–Crippen MR) is 55.7 cm³/mol. The fourth-order valence-electron chi connectivity index (χ4n) is 0.925. The molecule has 0 aromatic carbocycles. The van der Waals surface area contributed by atoms with E-state index in [2.05, 4.69) is 6.92 Å². The van der Waals surface area contributed by atoms with Crippen molar-refractivity contribution < 1.29 is 14.1 Å². The van der Waals surface area contributed by atoms with E-state index in [0.29, 0.717) is 0 Å². The minimum atomic E-state index is 0. The van der Waals surface area contributed by atoms with Crippen molar-refractivity contribution in [1.82, 2.24) is 0 Å². The van der Waals surface area contributed by atoms with E-state index >= 15 is 0 Å². The van der Waals surface area contributed by atoms with Crippen LogP contribution in [0.25, 0.3) is 0 Å². The maximum absolute atomic E-state index is 5.34. The zero-order chi connectivity index (χ0) is 6.95. The Kier molecular flexibility index (Phi) is 67.0. The molecule has 83 valence electrons. The molecule has 13 heavy (non-hydrogen) atoms. The molecule has 0 unspecified atom stereocenters. The molecule has 0 aliphatic heterocycles. The number of hydrogen-bond donors (Lipinski definition) is 1. The van der Waals surface area contributed by atoms with Crippen LogP contribution in [0.1, 0.15) is 45.4 Å². The normalized spacial score (nSPS) is 6.92. The summed E-state index contributed by atoms with van der Waals surface area (Å²) in [6.07, 6.45) is 8.05. The van der Waals surface area contributed by atoms with Crippen LogP contribution in [-0.2, 0) is 0 Å². The maximum atomic E-state index is 5.34. The van der Waals surface area contributed by atoms with Crippen molar-refractivity contribution in [3.8, 4) is 0 Å². The van der Waals surface area contributed by atoms with Crippen molar-refractivity contribution in [3.63, 3.8) is 0 Å². The van der Waals surface area contributed by atoms with Crippen molar-refractivity contribution in [2.75, 3.05) is 6.54 Å². The Labute approximate surface area is 81.1 Å². The van der Waals surface area contributed by atoms with E-state index in [1.54, 1.807) is 0 Å². The lowest BCUT2D eigenvalue weighted by molar-refractivity contribution is 0.612. The first-order chi connectivity index (χ1) is 4.41. The standard InChI is InChI=1S/C8H19N.B.3FH/c1-2-3-4-5-6-7-8-9;;;;/h2-9H2,1H3;;3*1H. The predicted octanol–water partition coefficient (Wildman–Crippen LogP) is 2.38. The van der Waals surface area contributed by atoms with Crippen LogP contribution in [0.4, 0.5) is 14.1 Å². The SMILES string of the molecule is CCCCCCCCN.F.F.F.[B]. The summed E-state index contributed by atoms with van der Waals surface area (Å²) in [6, 6.07) is 0. The molecule has 0 aliphatic carbocycles. The molecule has 0 saturated heterocycles. The van der Waals surface area contributed by atoms with Gasteiger partial charge in [-0.1, -0.05) is 39.0 Å². The molecule has 0 aliphatic rings. The Hall–Kier alpha value is -0.185. The minimum absolute atomic E-state index is 0. The van der Waals surface area contributed by atoms with E-state index in [9.17, 15) is 0 Å². The molecular formula is C8H22BF3N. The Balaban J connectivity index is -0.0000000533. The maximum Gasteiger partial charge on any atom is 0 e. The van der Waals surface area contributed by atoms with Gasteiger partial charge in [-0.2, -0.15) is 0 Å². The quantitative estimate of drug-likeness (QED) is 0.517. The van der Waals surface area contributed by atoms with E-state index < -0.39 is 0 Å². The topological polar surface area (TPSA) is 26.0 Å². The van der Waals surface area contributed by atoms with Gasteiger partial charge in [-0.15, -0.1) is 0 Å². The van der Waals surface area contributed by atoms with Crippen molar-refractivity contribution in [1.29, 1.82) is 0 Å². The van der Waals surface area contributed by atoms with Crippen LogP contribution in [0.3, 0.4) is 0 Å². The summed E-state index contributed by atoms with van der Waals surface area (Å²) >= 11 is 0. The van der Waals surface area contributed by atoms with Gasteiger partial charge < -0.3 is 5.73 Å². The highest BCUT2D eigenvalue weighted by Crippen LogP contribution is 2.03. The molecular weight excluding hydrogens is 178 g/mol. The van der Waals surface area contributed by atoms with Crippen LogP contribution in [0.15, 0.2) is 0 Å². The molecule has 0 fully saturated rings. The zero-order valence-corrected chi connectivity index (χ0v) is 8.33. The molecule has 5 heteroatoms. The minimum Gasteiger partial charge on any atom is -0.330 e. The molecule has 0 amide bonds. The van der Waals surface area contributed by atoms with Gasteiger partial charge in [0.25, 0.3) is 0 Å². The van der Waals surface area contributed by atoms with E-state index in [0.717, 1.165) is 6.54 Å². The van der Waals surface area contributed by atoms with Gasteiger partial charge in [-0.25, -0.2) is 0 Å². The molecule has 0 heterocycles. The Morgan fingerprint density at radius 3 is 1.54 bits per heavy atom. The second-order valence-electron chi connectivity index (χ2n) is 2.56. The van der Waals surface area contributed by atoms with Gasteiger partial charge in [-0.05, 0) is 13.0 Å². The van der Waals surface area contributed by atoms with E-state index in [-0.39, 0.29) is 22.5 Å². The fraction of sp³-hybridized carbons (Fsp3) is 1.00. The lowest BCUT2D eigenvalue weighted by Gasteiger charge is -1.96. The number of unbranched alkanes of at least 4 members (excludes halogenated alkanes) is 5. The van der Waals surface area contributed by atoms with E-state index in [1.165, 1.54) is 38.5 Å². The Bertz CT molecular complexity index is 52.7. The van der Waals surface area contributed by atoms with Crippen molar-refractivity contribution in [3.05, 3.63) is 0 Å². The monoisotopic (exact) mass is 200 g/mol. The first-order valence-corrected chi connectivity index (χ1v) is 4.12. The molecule has 2 N–H and O–H groups in total. The first kappa shape index (κ1) is 29.3. The number of rotatable bonds is 6. The smallest absolute Gasteiger partial charge is 0 e. The lowest BCUT2D eigenvalue weighted by atomic mass is 10.1. The van der Waals surface area contributed by atoms with E-state index in [1.807, 2.05) is 0 Å². The molecule has 0 rings (SSSR count). The highest BCUT2D eigenvalue weighted by molar-refractivity contribution is 5.75. The largest absolute Gasteiger partial charge is 0.330 e. The fourth-order valence-corrected chi connectivity index (χ4v) is 0.925. The average Bonchev–Trinajstić information content (AvgIpc) is 1.89. The molecule has 0 spiro atoms. The van der Waals surface area contributed by atoms with Crippen LogP contribution in [0, 0.1) is 0 Å². The van der Waals surface area contributed by atoms with Crippen molar-refractivity contribution in [2.24, 2.45) is 5.73 Å². The van der Waals surface area contributed by atoms with Gasteiger partial charge in [-0.3, -0.25) is 14.1 Å². The van der Waals surface area contributed by atoms with Gasteiger partial charge in [0.2, 0.25) is 0 Å². The summed E-state index contributed by atoms with van der Waals surface area (Å²) in [7, 11) is 0. The summed E-state index contributed by atoms with van der Waals surface area (Å²) in [6.45, 7) is 3.11. The van der Waals surface area contributed by atoms with Crippen LogP contribution >= 0.6 is 0 Å². The number of halogens is 3. The third-order valence-electron chi connectivity index (χ3n) is 1.56. The molecule has 0 saturated carbocycles. The van der Waals surface area contributed by atoms with E-state index in [4.69, 9.17) is 5.73 Å². The summed E-state index contributed by atoms with van der Waals surface area (Å²) < 4.78 is 0. The summed E-state index contributed by atoms with van der Waals surface area (Å²) in [5.74, 6) is 0. The van der Waals surface area contributed by atoms with Crippen LogP contribution in [0.2, 0.25) is 0 Å². The number of nitrogens with two attached hydrogens (primary N) is 1. The zero-order valence-electron chi connectivity index (χ0n) is 8.33. The molecule has 0 aromatic heterocycles. The second-order valence-corrected chi connectivity index (χ2v) is 2.56. The first-order valence-electron chi connectivity index (χ1n) is 4.12. The van der Waals surface area contributed by atoms with Gasteiger partial charge in [0.05, 0.1) is 0 Å². The van der Waals surface area contributed by atoms with Crippen molar-refractivity contribution in [2.45, 2.75) is 45.4 Å². The van der Waals surface area contributed by atoms with Gasteiger partial charge in [0.1, 0.15) is 0 Å². The van der Waals surface area contributed by atoms with Gasteiger partial charge in [0.15, 0.2) is 0 Å². The number of hydrogen-bond acceptors (Lipinski definition) is 1. The Morgan fingerprint density at radius 1 is 0.769 bits per heavy atom. The summed E-state index contributed by atoms with van der Waals surface area (Å²) in [5, 5.41) is 0. The highest BCUT2D eigenvalue weighted by atomic mass is 19.0. The second kappa shape index (κ2) is 29.8. The third-order valence-corrected chi connectivity index (χ3v) is 1.56. The van der Waals surface area contributed by atoms with Crippen LogP contribution < -0.4 is 5.73 Å². The Morgan fingerprint density at radius 2 is 1.15 bits per heavy atom. The molecule has 0 bridgehead atoms. The molecule has 1 nitrogen and oxygen atoms in total. The summed E-state index contributed by atoms with van der Waals surface area (Å²) in [5.41, 5.74) is 5.34. The molecule has 0 aromatic rings. The van der Waals surface area contributed by atoms with Gasteiger partial charge >= 0.3 is 0 Å². The van der Waals surface area contributed by atoms with Crippen molar-refractivity contribution >= 4 is 8.41 Å². The highest BCUT2D eigenvalue weighted by Gasteiger charge is 1.85. The van der Waals surface area contributed by atoms with Crippen LogP contribution in [-0.4, -0.2) is 15.0 Å². The lowest BCUT2D eigenvalue weighted by Crippen LogP contribution is -1.97.